The van der Waals surface area contributed by atoms with Crippen LogP contribution in [0.4, 0.5) is 11.4 Å². The van der Waals surface area contributed by atoms with Crippen LogP contribution in [0.25, 0.3) is 0 Å². The molecule has 2 aliphatic heterocycles. The van der Waals surface area contributed by atoms with E-state index in [9.17, 15) is 19.7 Å². The van der Waals surface area contributed by atoms with Crippen LogP contribution in [0.1, 0.15) is 49.4 Å². The Balaban J connectivity index is 1.83. The van der Waals surface area contributed by atoms with E-state index in [1.807, 2.05) is 4.90 Å². The van der Waals surface area contributed by atoms with Crippen molar-refractivity contribution in [2.45, 2.75) is 44.6 Å². The SMILES string of the molecule is CC(=O)c1ccc(N2CCC(C(N)=O)(N3CCCCC3)CC2)c([N+](=O)[O-])c1. The lowest BCUT2D eigenvalue weighted by Crippen LogP contribution is -2.63. The maximum Gasteiger partial charge on any atom is 0.293 e. The second-order valence-electron chi connectivity index (χ2n) is 7.45. The number of nitro benzene ring substituents is 1. The van der Waals surface area contributed by atoms with Gasteiger partial charge in [0.25, 0.3) is 5.69 Å². The first-order valence-electron chi connectivity index (χ1n) is 9.44. The lowest BCUT2D eigenvalue weighted by molar-refractivity contribution is -0.384. The molecule has 0 radical (unpaired) electrons. The summed E-state index contributed by atoms with van der Waals surface area (Å²) in [5.74, 6) is -0.508. The molecule has 2 saturated heterocycles. The molecular formula is C19H26N4O4. The van der Waals surface area contributed by atoms with E-state index in [0.29, 0.717) is 37.2 Å². The number of ketones is 1. The highest BCUT2D eigenvalue weighted by atomic mass is 16.6. The molecule has 8 nitrogen and oxygen atoms in total. The zero-order valence-electron chi connectivity index (χ0n) is 15.6. The van der Waals surface area contributed by atoms with E-state index in [0.717, 1.165) is 25.9 Å². The van der Waals surface area contributed by atoms with Gasteiger partial charge >= 0.3 is 0 Å². The zero-order chi connectivity index (χ0) is 19.6. The molecule has 146 valence electrons. The number of likely N-dealkylation sites (tertiary alicyclic amines) is 1. The third-order valence-electron chi connectivity index (χ3n) is 5.93. The summed E-state index contributed by atoms with van der Waals surface area (Å²) in [5, 5.41) is 11.5. The monoisotopic (exact) mass is 374 g/mol. The highest BCUT2D eigenvalue weighted by Crippen LogP contribution is 2.36. The Morgan fingerprint density at radius 3 is 2.26 bits per heavy atom. The van der Waals surface area contributed by atoms with Crippen LogP contribution in [0.15, 0.2) is 18.2 Å². The summed E-state index contributed by atoms with van der Waals surface area (Å²) in [6.45, 7) is 4.16. The minimum absolute atomic E-state index is 0.0766. The standard InChI is InChI=1S/C19H26N4O4/c1-14(24)15-5-6-16(17(13-15)23(26)27)21-11-7-19(8-12-21,18(20)25)22-9-3-2-4-10-22/h5-6,13H,2-4,7-12H2,1H3,(H2,20,25). The van der Waals surface area contributed by atoms with Crippen molar-refractivity contribution in [3.8, 4) is 0 Å². The third kappa shape index (κ3) is 3.66. The molecule has 2 N–H and O–H groups in total. The van der Waals surface area contributed by atoms with Gasteiger partial charge in [-0.3, -0.25) is 24.6 Å². The van der Waals surface area contributed by atoms with Gasteiger partial charge in [-0.15, -0.1) is 0 Å². The maximum atomic E-state index is 12.3. The Morgan fingerprint density at radius 2 is 1.74 bits per heavy atom. The molecule has 0 bridgehead atoms. The fourth-order valence-electron chi connectivity index (χ4n) is 4.31. The Bertz CT molecular complexity index is 750. The molecule has 8 heteroatoms. The first-order chi connectivity index (χ1) is 12.8. The highest BCUT2D eigenvalue weighted by Gasteiger charge is 2.45. The molecule has 0 unspecified atom stereocenters. The predicted molar refractivity (Wildman–Crippen MR) is 102 cm³/mol. The summed E-state index contributed by atoms with van der Waals surface area (Å²) in [6.07, 6.45) is 4.40. The van der Waals surface area contributed by atoms with Crippen LogP contribution in [-0.4, -0.2) is 53.2 Å². The number of benzene rings is 1. The average Bonchev–Trinajstić information content (AvgIpc) is 2.68. The molecular weight excluding hydrogens is 348 g/mol. The Hall–Kier alpha value is -2.48. The van der Waals surface area contributed by atoms with E-state index in [1.54, 1.807) is 12.1 Å². The first kappa shape index (κ1) is 19.3. The van der Waals surface area contributed by atoms with Crippen LogP contribution in [0.3, 0.4) is 0 Å². The molecule has 0 aliphatic carbocycles. The number of rotatable bonds is 5. The predicted octanol–water partition coefficient (Wildman–Crippen LogP) is 2.11. The number of nitrogens with two attached hydrogens (primary N) is 1. The number of nitrogens with zero attached hydrogens (tertiary/aromatic N) is 3. The van der Waals surface area contributed by atoms with Gasteiger partial charge in [-0.05, 0) is 57.8 Å². The number of amides is 1. The van der Waals surface area contributed by atoms with Crippen LogP contribution in [0, 0.1) is 10.1 Å². The molecule has 2 heterocycles. The fraction of sp³-hybridized carbons (Fsp3) is 0.579. The van der Waals surface area contributed by atoms with Gasteiger partial charge in [0.1, 0.15) is 11.2 Å². The van der Waals surface area contributed by atoms with E-state index in [-0.39, 0.29) is 17.4 Å². The molecule has 2 aliphatic rings. The van der Waals surface area contributed by atoms with E-state index < -0.39 is 10.5 Å². The summed E-state index contributed by atoms with van der Waals surface area (Å²) < 4.78 is 0. The van der Waals surface area contributed by atoms with E-state index >= 15 is 0 Å². The molecule has 2 fully saturated rings. The molecule has 27 heavy (non-hydrogen) atoms. The van der Waals surface area contributed by atoms with Crippen molar-refractivity contribution in [3.63, 3.8) is 0 Å². The molecule has 3 rings (SSSR count). The number of piperidine rings is 2. The molecule has 1 aromatic carbocycles. The molecule has 0 spiro atoms. The van der Waals surface area contributed by atoms with Crippen molar-refractivity contribution in [3.05, 3.63) is 33.9 Å². The van der Waals surface area contributed by atoms with Crippen LogP contribution >= 0.6 is 0 Å². The first-order valence-corrected chi connectivity index (χ1v) is 9.44. The average molecular weight is 374 g/mol. The lowest BCUT2D eigenvalue weighted by atomic mass is 9.83. The number of primary amides is 1. The van der Waals surface area contributed by atoms with E-state index in [1.165, 1.54) is 19.4 Å². The number of nitro groups is 1. The Labute approximate surface area is 158 Å². The van der Waals surface area contributed by atoms with Gasteiger partial charge in [0.15, 0.2) is 5.78 Å². The molecule has 1 amide bonds. The quantitative estimate of drug-likeness (QED) is 0.480. The zero-order valence-corrected chi connectivity index (χ0v) is 15.6. The number of carbonyl (C=O) groups excluding carboxylic acids is 2. The fourth-order valence-corrected chi connectivity index (χ4v) is 4.31. The number of carbonyl (C=O) groups is 2. The maximum absolute atomic E-state index is 12.3. The normalized spacial score (nSPS) is 20.3. The smallest absolute Gasteiger partial charge is 0.293 e. The lowest BCUT2D eigenvalue weighted by Gasteiger charge is -2.48. The van der Waals surface area contributed by atoms with Crippen LogP contribution in [0.2, 0.25) is 0 Å². The van der Waals surface area contributed by atoms with Crippen molar-refractivity contribution in [2.75, 3.05) is 31.1 Å². The van der Waals surface area contributed by atoms with Gasteiger partial charge in [-0.1, -0.05) is 6.42 Å². The second-order valence-corrected chi connectivity index (χ2v) is 7.45. The van der Waals surface area contributed by atoms with Crippen molar-refractivity contribution >= 4 is 23.1 Å². The van der Waals surface area contributed by atoms with Crippen LogP contribution in [-0.2, 0) is 4.79 Å². The second kappa shape index (κ2) is 7.64. The van der Waals surface area contributed by atoms with Crippen molar-refractivity contribution in [2.24, 2.45) is 5.73 Å². The third-order valence-corrected chi connectivity index (χ3v) is 5.93. The summed E-state index contributed by atoms with van der Waals surface area (Å²) in [6, 6.07) is 4.58. The molecule has 0 atom stereocenters. The van der Waals surface area contributed by atoms with Gasteiger partial charge in [-0.25, -0.2) is 0 Å². The number of hydrogen-bond donors (Lipinski definition) is 1. The minimum Gasteiger partial charge on any atom is -0.368 e. The summed E-state index contributed by atoms with van der Waals surface area (Å²) in [5.41, 5.74) is 5.87. The Kier molecular flexibility index (Phi) is 5.46. The van der Waals surface area contributed by atoms with E-state index in [2.05, 4.69) is 4.90 Å². The minimum atomic E-state index is -0.662. The molecule has 0 saturated carbocycles. The summed E-state index contributed by atoms with van der Waals surface area (Å²) in [4.78, 5) is 39.1. The van der Waals surface area contributed by atoms with Gasteiger partial charge < -0.3 is 10.6 Å². The Morgan fingerprint density at radius 1 is 1.11 bits per heavy atom. The topological polar surface area (TPSA) is 110 Å². The molecule has 0 aromatic heterocycles. The van der Waals surface area contributed by atoms with Gasteiger partial charge in [-0.2, -0.15) is 0 Å². The van der Waals surface area contributed by atoms with Gasteiger partial charge in [0.05, 0.1) is 4.92 Å². The number of anilines is 1. The summed E-state index contributed by atoms with van der Waals surface area (Å²) in [7, 11) is 0. The summed E-state index contributed by atoms with van der Waals surface area (Å²) >= 11 is 0. The molecule has 1 aromatic rings. The van der Waals surface area contributed by atoms with Gasteiger partial charge in [0.2, 0.25) is 5.91 Å². The van der Waals surface area contributed by atoms with Crippen LogP contribution in [0.5, 0.6) is 0 Å². The number of hydrogen-bond acceptors (Lipinski definition) is 6. The van der Waals surface area contributed by atoms with Crippen molar-refractivity contribution < 1.29 is 14.5 Å². The number of Topliss-reactive ketones (excluding diaryl/α,β-unsaturated/α-hetero) is 1. The largest absolute Gasteiger partial charge is 0.368 e. The van der Waals surface area contributed by atoms with Gasteiger partial charge in [0, 0.05) is 24.7 Å². The van der Waals surface area contributed by atoms with E-state index in [4.69, 9.17) is 5.73 Å². The van der Waals surface area contributed by atoms with Crippen molar-refractivity contribution in [1.82, 2.24) is 4.90 Å². The highest BCUT2D eigenvalue weighted by molar-refractivity contribution is 5.95. The van der Waals surface area contributed by atoms with Crippen LogP contribution < -0.4 is 10.6 Å². The van der Waals surface area contributed by atoms with Crippen molar-refractivity contribution in [1.29, 1.82) is 0 Å².